The quantitative estimate of drug-likeness (QED) is 0.00562. The van der Waals surface area contributed by atoms with Crippen LogP contribution >= 0.6 is 24.2 Å². The highest BCUT2D eigenvalue weighted by Crippen LogP contribution is 2.17. The third kappa shape index (κ3) is 36.2. The summed E-state index contributed by atoms with van der Waals surface area (Å²) < 4.78 is 9.20. The van der Waals surface area contributed by atoms with Crippen LogP contribution < -0.4 is 15.8 Å². The molecule has 3 heterocycles. The Morgan fingerprint density at radius 1 is 0.448 bits per heavy atom. The van der Waals surface area contributed by atoms with Crippen LogP contribution in [0.4, 0.5) is 0 Å². The van der Waals surface area contributed by atoms with Gasteiger partial charge in [0, 0.05) is 105 Å². The number of carbonyl (C=O) groups excluding carboxylic acids is 4. The molecule has 0 atom stereocenters. The SMILES string of the molecule is C.COC(=O)/C=C/c1ccc(CN(CCCc2ccccc2)Cc2cccnc2)cc1.COC(=O)/C=C/c1ccc(CNCCCc2ccccc2)cc1.Cl.O=C(/C=C/c1ccc(CN(CCCc2ccccc2)Cc2cccnc2)cc1)NO.O=Cc1cccnc1.ONCl. The number of halogens is 2. The Balaban J connectivity index is 0.000000346. The minimum Gasteiger partial charge on any atom is -0.466 e. The van der Waals surface area contributed by atoms with Gasteiger partial charge in [-0.1, -0.05) is 183 Å². The second kappa shape index (κ2) is 50.8. The van der Waals surface area contributed by atoms with E-state index in [1.807, 2.05) is 79.3 Å². The van der Waals surface area contributed by atoms with Crippen molar-refractivity contribution in [1.29, 1.82) is 0 Å². The Bertz CT molecular complexity index is 3410. The normalized spacial score (nSPS) is 10.4. The average molecular weight is 1340 g/mol. The number of aryl methyl sites for hydroxylation is 3. The molecule has 1 amide bonds. The maximum atomic E-state index is 11.3. The van der Waals surface area contributed by atoms with Gasteiger partial charge in [-0.25, -0.2) is 15.1 Å². The number of nitrogens with one attached hydrogen (secondary N) is 3. The van der Waals surface area contributed by atoms with Crippen molar-refractivity contribution in [3.8, 4) is 0 Å². The number of benzene rings is 6. The average Bonchev–Trinajstić information content (AvgIpc) is 1.30. The maximum absolute atomic E-state index is 11.3. The van der Waals surface area contributed by atoms with Crippen molar-refractivity contribution in [2.24, 2.45) is 0 Å². The molecule has 0 aliphatic carbocycles. The summed E-state index contributed by atoms with van der Waals surface area (Å²) in [6.07, 6.45) is 27.3. The predicted octanol–water partition coefficient (Wildman–Crippen LogP) is 14.8. The zero-order valence-electron chi connectivity index (χ0n) is 53.8. The molecule has 0 bridgehead atoms. The van der Waals surface area contributed by atoms with Gasteiger partial charge in [0.1, 0.15) is 0 Å². The van der Waals surface area contributed by atoms with Gasteiger partial charge in [0.15, 0.2) is 6.29 Å². The van der Waals surface area contributed by atoms with Crippen molar-refractivity contribution in [1.82, 2.24) is 40.5 Å². The summed E-state index contributed by atoms with van der Waals surface area (Å²) in [5, 5.41) is 19.1. The van der Waals surface area contributed by atoms with Crippen LogP contribution in [0.5, 0.6) is 0 Å². The van der Waals surface area contributed by atoms with Gasteiger partial charge in [-0.05, 0) is 162 Å². The van der Waals surface area contributed by atoms with Gasteiger partial charge < -0.3 is 20.0 Å². The molecule has 16 nitrogen and oxygen atoms in total. The zero-order chi connectivity index (χ0) is 66.9. The van der Waals surface area contributed by atoms with E-state index in [9.17, 15) is 19.2 Å². The molecule has 0 saturated heterocycles. The summed E-state index contributed by atoms with van der Waals surface area (Å²) in [7, 11) is 2.75. The number of amides is 1. The van der Waals surface area contributed by atoms with Crippen LogP contribution in [0.25, 0.3) is 18.2 Å². The third-order valence-electron chi connectivity index (χ3n) is 14.1. The number of hydroxylamine groups is 1. The van der Waals surface area contributed by atoms with Gasteiger partial charge in [0.05, 0.1) is 14.2 Å². The topological polar surface area (TPSA) is 208 Å². The number of carbonyl (C=O) groups is 4. The second-order valence-corrected chi connectivity index (χ2v) is 21.5. The number of aldehydes is 1. The molecule has 9 aromatic rings. The van der Waals surface area contributed by atoms with Crippen LogP contribution in [0.2, 0.25) is 0 Å². The van der Waals surface area contributed by atoms with Crippen LogP contribution in [0, 0.1) is 0 Å². The number of esters is 2. The van der Waals surface area contributed by atoms with Crippen LogP contribution in [0.3, 0.4) is 0 Å². The van der Waals surface area contributed by atoms with Crippen molar-refractivity contribution in [2.75, 3.05) is 33.9 Å². The highest BCUT2D eigenvalue weighted by Gasteiger charge is 2.11. The number of rotatable bonds is 29. The fourth-order valence-corrected chi connectivity index (χ4v) is 9.38. The molecule has 0 unspecified atom stereocenters. The summed E-state index contributed by atoms with van der Waals surface area (Å²) >= 11 is 4.30. The molecule has 0 spiro atoms. The molecule has 3 aromatic heterocycles. The number of pyridine rings is 3. The van der Waals surface area contributed by atoms with E-state index < -0.39 is 5.91 Å². The Kier molecular flexibility index (Phi) is 42.7. The van der Waals surface area contributed by atoms with Crippen molar-refractivity contribution < 1.29 is 39.1 Å². The molecule has 0 aliphatic rings. The minimum absolute atomic E-state index is 0. The van der Waals surface area contributed by atoms with E-state index in [-0.39, 0.29) is 31.8 Å². The number of nitrogens with zero attached hydrogens (tertiary/aromatic N) is 5. The molecular formula is C78H90Cl2N8O8. The molecule has 504 valence electrons. The summed E-state index contributed by atoms with van der Waals surface area (Å²) in [5.74, 6) is -1.23. The smallest absolute Gasteiger partial charge is 0.330 e. The van der Waals surface area contributed by atoms with Crippen molar-refractivity contribution in [3.63, 3.8) is 0 Å². The minimum atomic E-state index is -0.542. The Labute approximate surface area is 577 Å². The summed E-state index contributed by atoms with van der Waals surface area (Å²) in [5.41, 5.74) is 15.3. The lowest BCUT2D eigenvalue weighted by molar-refractivity contribution is -0.135. The van der Waals surface area contributed by atoms with Crippen LogP contribution in [0.15, 0.2) is 256 Å². The first-order valence-corrected chi connectivity index (χ1v) is 31.3. The second-order valence-electron chi connectivity index (χ2n) is 21.3. The Morgan fingerprint density at radius 2 is 0.802 bits per heavy atom. The van der Waals surface area contributed by atoms with E-state index in [1.165, 1.54) is 88.2 Å². The molecule has 6 aromatic carbocycles. The van der Waals surface area contributed by atoms with Crippen LogP contribution in [0.1, 0.15) is 98.2 Å². The van der Waals surface area contributed by atoms with E-state index in [2.05, 4.69) is 179 Å². The van der Waals surface area contributed by atoms with Crippen LogP contribution in [-0.2, 0) is 75.8 Å². The molecular weight excluding hydrogens is 1250 g/mol. The predicted molar refractivity (Wildman–Crippen MR) is 387 cm³/mol. The Hall–Kier alpha value is -9.59. The van der Waals surface area contributed by atoms with Crippen LogP contribution in [-0.4, -0.2) is 93.2 Å². The zero-order valence-corrected chi connectivity index (χ0v) is 55.4. The molecule has 0 saturated carbocycles. The number of hydrogen-bond acceptors (Lipinski definition) is 15. The lowest BCUT2D eigenvalue weighted by Crippen LogP contribution is -2.24. The number of hydrogen-bond donors (Lipinski definition) is 5. The van der Waals surface area contributed by atoms with E-state index in [0.717, 1.165) is 114 Å². The van der Waals surface area contributed by atoms with Gasteiger partial charge in [0.2, 0.25) is 0 Å². The van der Waals surface area contributed by atoms with E-state index in [4.69, 9.17) is 10.4 Å². The summed E-state index contributed by atoms with van der Waals surface area (Å²) in [6, 6.07) is 67.9. The Morgan fingerprint density at radius 3 is 1.15 bits per heavy atom. The molecule has 18 heteroatoms. The third-order valence-corrected chi connectivity index (χ3v) is 14.1. The summed E-state index contributed by atoms with van der Waals surface area (Å²) in [4.78, 5) is 61.7. The molecule has 96 heavy (non-hydrogen) atoms. The lowest BCUT2D eigenvalue weighted by atomic mass is 10.1. The first-order chi connectivity index (χ1) is 46.1. The number of ether oxygens (including phenoxy) is 2. The standard InChI is InChI=1S/C26H28N2O2.C25H27N3O2.C20H23NO2.C6H5NO.CH4.ClH2NO.ClH/c1-30-26(29)16-15-23-11-13-24(14-12-23)20-28(21-25-9-5-17-27-19-25)18-6-10-22-7-3-2-4-8-22;29-25(27-30)15-14-22-10-12-23(13-11-22)19-28(20-24-8-4-16-26-18-24)17-5-9-21-6-2-1-3-7-21;1-23-20(22)14-13-18-9-11-19(12-10-18)16-21-15-5-8-17-6-3-2-4-7-17;8-5-6-2-1-3-7-4-6;;1-2-3;/h2-5,7-9,11-17,19H,6,10,18,20-21H2,1H3;1-4,6-8,10-16,18,30H,5,9,17,19-20H2,(H,27,29);2-4,6-7,9-14,21H,5,8,15-16H2,1H3;1-5H;1H4;2-3H;1H/b16-15+;15-14+;14-13+;;;;. The molecule has 0 aliphatic heterocycles. The van der Waals surface area contributed by atoms with E-state index in [0.29, 0.717) is 5.56 Å². The van der Waals surface area contributed by atoms with Gasteiger partial charge in [-0.15, -0.1) is 17.4 Å². The molecule has 5 N–H and O–H groups in total. The molecule has 0 radical (unpaired) electrons. The van der Waals surface area contributed by atoms with Crippen molar-refractivity contribution in [2.45, 2.75) is 78.7 Å². The number of aromatic nitrogens is 3. The molecule has 9 rings (SSSR count). The maximum Gasteiger partial charge on any atom is 0.330 e. The fourth-order valence-electron chi connectivity index (χ4n) is 9.38. The lowest BCUT2D eigenvalue weighted by Gasteiger charge is -2.22. The monoisotopic (exact) mass is 1340 g/mol. The van der Waals surface area contributed by atoms with E-state index in [1.54, 1.807) is 48.2 Å². The first-order valence-electron chi connectivity index (χ1n) is 30.9. The van der Waals surface area contributed by atoms with E-state index >= 15 is 0 Å². The molecule has 0 fully saturated rings. The van der Waals surface area contributed by atoms with Crippen molar-refractivity contribution in [3.05, 3.63) is 322 Å². The van der Waals surface area contributed by atoms with Gasteiger partial charge >= 0.3 is 11.9 Å². The summed E-state index contributed by atoms with van der Waals surface area (Å²) in [6.45, 7) is 7.27. The van der Waals surface area contributed by atoms with Crippen molar-refractivity contribution >= 4 is 66.5 Å². The largest absolute Gasteiger partial charge is 0.466 e. The number of methoxy groups -OCH3 is 2. The highest BCUT2D eigenvalue weighted by atomic mass is 35.5. The van der Waals surface area contributed by atoms with Gasteiger partial charge in [0.25, 0.3) is 5.91 Å². The highest BCUT2D eigenvalue weighted by molar-refractivity contribution is 6.12. The first kappa shape index (κ1) is 80.6. The van der Waals surface area contributed by atoms with Gasteiger partial charge in [-0.3, -0.25) is 39.5 Å². The van der Waals surface area contributed by atoms with Gasteiger partial charge in [-0.2, -0.15) is 0 Å². The fraction of sp³-hybridized carbons (Fsp3) is 0.218.